The minimum Gasteiger partial charge on any atom is -0.480 e. The van der Waals surface area contributed by atoms with Crippen LogP contribution in [0.2, 0.25) is 5.02 Å². The van der Waals surface area contributed by atoms with Gasteiger partial charge in [0, 0.05) is 5.02 Å². The summed E-state index contributed by atoms with van der Waals surface area (Å²) in [6.45, 7) is 1.77. The molecule has 0 spiro atoms. The summed E-state index contributed by atoms with van der Waals surface area (Å²) in [4.78, 5) is 24.2. The third kappa shape index (κ3) is 2.89. The molecular formula is C17H18ClN3O3. The molecule has 0 unspecified atom stereocenters. The van der Waals surface area contributed by atoms with E-state index >= 15 is 0 Å². The van der Waals surface area contributed by atoms with Crippen LogP contribution >= 0.6 is 11.6 Å². The van der Waals surface area contributed by atoms with Crippen molar-refractivity contribution in [1.29, 1.82) is 0 Å². The van der Waals surface area contributed by atoms with Crippen LogP contribution in [0.3, 0.4) is 0 Å². The van der Waals surface area contributed by atoms with E-state index in [0.717, 1.165) is 18.5 Å². The van der Waals surface area contributed by atoms with Gasteiger partial charge in [0.15, 0.2) is 0 Å². The van der Waals surface area contributed by atoms with Gasteiger partial charge >= 0.3 is 5.97 Å². The second kappa shape index (κ2) is 6.28. The fraction of sp³-hybridized carbons (Fsp3) is 0.353. The van der Waals surface area contributed by atoms with Crippen LogP contribution in [0.4, 0.5) is 0 Å². The van der Waals surface area contributed by atoms with Crippen molar-refractivity contribution in [3.63, 3.8) is 0 Å². The first kappa shape index (κ1) is 16.5. The molecular weight excluding hydrogens is 330 g/mol. The van der Waals surface area contributed by atoms with Gasteiger partial charge < -0.3 is 10.4 Å². The van der Waals surface area contributed by atoms with Crippen molar-refractivity contribution in [1.82, 2.24) is 15.1 Å². The molecule has 2 aromatic rings. The Morgan fingerprint density at radius 1 is 1.33 bits per heavy atom. The van der Waals surface area contributed by atoms with Gasteiger partial charge in [-0.2, -0.15) is 5.10 Å². The number of aromatic nitrogens is 2. The van der Waals surface area contributed by atoms with E-state index in [9.17, 15) is 14.7 Å². The monoisotopic (exact) mass is 347 g/mol. The van der Waals surface area contributed by atoms with Gasteiger partial charge in [0.25, 0.3) is 5.91 Å². The number of carbonyl (C=O) groups is 2. The molecule has 0 radical (unpaired) electrons. The molecule has 0 bridgehead atoms. The summed E-state index contributed by atoms with van der Waals surface area (Å²) in [7, 11) is 0. The van der Waals surface area contributed by atoms with Crippen LogP contribution in [0.15, 0.2) is 30.5 Å². The van der Waals surface area contributed by atoms with Gasteiger partial charge in [-0.15, -0.1) is 0 Å². The van der Waals surface area contributed by atoms with Crippen molar-refractivity contribution in [2.75, 3.05) is 0 Å². The Bertz CT molecular complexity index is 794. The zero-order chi connectivity index (χ0) is 17.3. The molecule has 24 heavy (non-hydrogen) atoms. The molecule has 0 atom stereocenters. The molecule has 0 aliphatic heterocycles. The van der Waals surface area contributed by atoms with Crippen LogP contribution in [0.5, 0.6) is 0 Å². The van der Waals surface area contributed by atoms with Crippen LogP contribution < -0.4 is 5.32 Å². The molecule has 1 aromatic heterocycles. The summed E-state index contributed by atoms with van der Waals surface area (Å²) >= 11 is 6.00. The van der Waals surface area contributed by atoms with Gasteiger partial charge in [-0.25, -0.2) is 9.48 Å². The molecule has 1 saturated carbocycles. The Labute approximate surface area is 144 Å². The number of benzene rings is 1. The SMILES string of the molecule is Cc1c(C(=O)NC2(C(=O)O)CCCC2)cnn1-c1cccc(Cl)c1. The van der Waals surface area contributed by atoms with Gasteiger partial charge in [0.1, 0.15) is 5.54 Å². The number of nitrogens with one attached hydrogen (secondary N) is 1. The zero-order valence-electron chi connectivity index (χ0n) is 13.3. The molecule has 1 fully saturated rings. The number of carboxylic acids is 1. The van der Waals surface area contributed by atoms with Crippen LogP contribution in [0, 0.1) is 6.92 Å². The number of nitrogens with zero attached hydrogens (tertiary/aromatic N) is 2. The number of rotatable bonds is 4. The summed E-state index contributed by atoms with van der Waals surface area (Å²) in [5.41, 5.74) is 0.575. The zero-order valence-corrected chi connectivity index (χ0v) is 14.0. The molecule has 6 nitrogen and oxygen atoms in total. The fourth-order valence-corrected chi connectivity index (χ4v) is 3.34. The van der Waals surface area contributed by atoms with Crippen LogP contribution in [-0.2, 0) is 4.79 Å². The third-order valence-corrected chi connectivity index (χ3v) is 4.76. The van der Waals surface area contributed by atoms with E-state index in [1.807, 2.05) is 6.07 Å². The topological polar surface area (TPSA) is 84.2 Å². The number of hydrogen-bond donors (Lipinski definition) is 2. The normalized spacial score (nSPS) is 16.1. The third-order valence-electron chi connectivity index (χ3n) is 4.53. The molecule has 1 aliphatic carbocycles. The fourth-order valence-electron chi connectivity index (χ4n) is 3.16. The second-order valence-electron chi connectivity index (χ2n) is 6.08. The highest BCUT2D eigenvalue weighted by atomic mass is 35.5. The van der Waals surface area contributed by atoms with E-state index in [4.69, 9.17) is 11.6 Å². The largest absolute Gasteiger partial charge is 0.480 e. The summed E-state index contributed by atoms with van der Waals surface area (Å²) in [5, 5.41) is 17.0. The highest BCUT2D eigenvalue weighted by Crippen LogP contribution is 2.30. The lowest BCUT2D eigenvalue weighted by atomic mass is 9.97. The maximum absolute atomic E-state index is 12.6. The highest BCUT2D eigenvalue weighted by Gasteiger charge is 2.43. The summed E-state index contributed by atoms with van der Waals surface area (Å²) in [6, 6.07) is 7.15. The van der Waals surface area contributed by atoms with Gasteiger partial charge in [0.2, 0.25) is 0 Å². The Hall–Kier alpha value is -2.34. The molecule has 1 aliphatic rings. The van der Waals surface area contributed by atoms with Crippen molar-refractivity contribution in [2.45, 2.75) is 38.1 Å². The predicted molar refractivity (Wildman–Crippen MR) is 89.6 cm³/mol. The minimum atomic E-state index is -1.17. The summed E-state index contributed by atoms with van der Waals surface area (Å²) in [6.07, 6.45) is 3.96. The Kier molecular flexibility index (Phi) is 4.32. The van der Waals surface area contributed by atoms with Crippen LogP contribution in [0.25, 0.3) is 5.69 Å². The molecule has 126 valence electrons. The summed E-state index contributed by atoms with van der Waals surface area (Å²) in [5.74, 6) is -1.39. The van der Waals surface area contributed by atoms with Gasteiger partial charge in [-0.3, -0.25) is 4.79 Å². The lowest BCUT2D eigenvalue weighted by Gasteiger charge is -2.25. The predicted octanol–water partition coefficient (Wildman–Crippen LogP) is 2.96. The van der Waals surface area contributed by atoms with Crippen molar-refractivity contribution >= 4 is 23.5 Å². The molecule has 2 N–H and O–H groups in total. The summed E-state index contributed by atoms with van der Waals surface area (Å²) < 4.78 is 1.61. The number of amides is 1. The number of carboxylic acid groups (broad SMARTS) is 1. The first-order chi connectivity index (χ1) is 11.4. The molecule has 3 rings (SSSR count). The van der Waals surface area contributed by atoms with Gasteiger partial charge in [0.05, 0.1) is 23.1 Å². The van der Waals surface area contributed by atoms with Crippen LogP contribution in [-0.4, -0.2) is 32.3 Å². The van der Waals surface area contributed by atoms with E-state index < -0.39 is 17.4 Å². The lowest BCUT2D eigenvalue weighted by molar-refractivity contribution is -0.144. The average molecular weight is 348 g/mol. The van der Waals surface area contributed by atoms with E-state index in [2.05, 4.69) is 10.4 Å². The van der Waals surface area contributed by atoms with Crippen molar-refractivity contribution in [2.24, 2.45) is 0 Å². The van der Waals surface area contributed by atoms with Crippen molar-refractivity contribution < 1.29 is 14.7 Å². The smallest absolute Gasteiger partial charge is 0.329 e. The van der Waals surface area contributed by atoms with E-state index in [0.29, 0.717) is 29.1 Å². The Morgan fingerprint density at radius 3 is 2.67 bits per heavy atom. The van der Waals surface area contributed by atoms with Crippen LogP contribution in [0.1, 0.15) is 41.7 Å². The standard InChI is InChI=1S/C17H18ClN3O3/c1-11-14(10-19-21(11)13-6-4-5-12(18)9-13)15(22)20-17(16(23)24)7-2-3-8-17/h4-6,9-10H,2-3,7-8H2,1H3,(H,20,22)(H,23,24). The van der Waals surface area contributed by atoms with E-state index in [-0.39, 0.29) is 0 Å². The average Bonchev–Trinajstić information content (AvgIpc) is 3.15. The molecule has 0 saturated heterocycles. The van der Waals surface area contributed by atoms with E-state index in [1.165, 1.54) is 6.20 Å². The maximum atomic E-state index is 12.6. The number of carbonyl (C=O) groups excluding carboxylic acids is 1. The minimum absolute atomic E-state index is 0.363. The number of halogens is 1. The quantitative estimate of drug-likeness (QED) is 0.890. The molecule has 1 aromatic carbocycles. The lowest BCUT2D eigenvalue weighted by Crippen LogP contribution is -2.52. The van der Waals surface area contributed by atoms with Gasteiger partial charge in [-0.05, 0) is 38.0 Å². The van der Waals surface area contributed by atoms with Crippen molar-refractivity contribution in [3.8, 4) is 5.69 Å². The molecule has 1 amide bonds. The van der Waals surface area contributed by atoms with Gasteiger partial charge in [-0.1, -0.05) is 30.5 Å². The first-order valence-electron chi connectivity index (χ1n) is 7.79. The van der Waals surface area contributed by atoms with Crippen molar-refractivity contribution in [3.05, 3.63) is 46.7 Å². The maximum Gasteiger partial charge on any atom is 0.329 e. The number of hydrogen-bond acceptors (Lipinski definition) is 3. The highest BCUT2D eigenvalue weighted by molar-refractivity contribution is 6.30. The van der Waals surface area contributed by atoms with E-state index in [1.54, 1.807) is 29.8 Å². The second-order valence-corrected chi connectivity index (χ2v) is 6.52. The molecule has 1 heterocycles. The Balaban J connectivity index is 1.88. The first-order valence-corrected chi connectivity index (χ1v) is 8.17. The molecule has 7 heteroatoms. The number of aliphatic carboxylic acids is 1. The Morgan fingerprint density at radius 2 is 2.04 bits per heavy atom.